The van der Waals surface area contributed by atoms with Crippen molar-refractivity contribution in [3.8, 4) is 0 Å². The van der Waals surface area contributed by atoms with E-state index in [0.29, 0.717) is 23.4 Å². The van der Waals surface area contributed by atoms with Gasteiger partial charge >= 0.3 is 5.97 Å². The van der Waals surface area contributed by atoms with Crippen LogP contribution in [-0.2, 0) is 16.9 Å². The number of carbonyl (C=O) groups is 1. The molecule has 108 valence electrons. The van der Waals surface area contributed by atoms with Gasteiger partial charge in [0.1, 0.15) is 17.2 Å². The van der Waals surface area contributed by atoms with Crippen molar-refractivity contribution in [1.29, 1.82) is 0 Å². The first-order valence-corrected chi connectivity index (χ1v) is 6.29. The molecule has 0 saturated carbocycles. The number of nitrogens with zero attached hydrogens (tertiary/aromatic N) is 3. The molecule has 0 spiro atoms. The minimum atomic E-state index is -1.15. The Balaban J connectivity index is 2.74. The molecule has 1 aromatic carbocycles. The average molecular weight is 279 g/mol. The lowest BCUT2D eigenvalue weighted by atomic mass is 10.1. The van der Waals surface area contributed by atoms with E-state index in [4.69, 9.17) is 0 Å². The number of benzene rings is 1. The van der Waals surface area contributed by atoms with Crippen molar-refractivity contribution in [1.82, 2.24) is 14.5 Å². The maximum absolute atomic E-state index is 13.3. The van der Waals surface area contributed by atoms with E-state index in [9.17, 15) is 14.3 Å². The normalized spacial score (nSPS) is 12.3. The Morgan fingerprint density at radius 2 is 2.10 bits per heavy atom. The summed E-state index contributed by atoms with van der Waals surface area (Å²) in [5.74, 6) is -0.740. The van der Waals surface area contributed by atoms with Crippen LogP contribution in [0.5, 0.6) is 0 Å². The lowest BCUT2D eigenvalue weighted by Gasteiger charge is -2.25. The Bertz CT molecular complexity index is 662. The molecule has 1 heterocycles. The number of fused-ring (bicyclic) bond motifs is 1. The molecular formula is C14H18FN3O2. The highest BCUT2D eigenvalue weighted by atomic mass is 19.1. The number of rotatable bonds is 4. The highest BCUT2D eigenvalue weighted by Gasteiger charge is 2.33. The maximum Gasteiger partial charge on any atom is 0.329 e. The van der Waals surface area contributed by atoms with Gasteiger partial charge in [0.05, 0.1) is 17.6 Å². The second-order valence-electron chi connectivity index (χ2n) is 5.60. The minimum Gasteiger partial charge on any atom is -0.480 e. The summed E-state index contributed by atoms with van der Waals surface area (Å²) in [6.45, 7) is 3.70. The molecular weight excluding hydrogens is 261 g/mol. The summed E-state index contributed by atoms with van der Waals surface area (Å²) >= 11 is 0. The number of hydrogen-bond acceptors (Lipinski definition) is 3. The van der Waals surface area contributed by atoms with E-state index >= 15 is 0 Å². The molecule has 0 radical (unpaired) electrons. The van der Waals surface area contributed by atoms with Crippen LogP contribution in [-0.4, -0.2) is 39.6 Å². The van der Waals surface area contributed by atoms with Crippen molar-refractivity contribution in [2.45, 2.75) is 25.9 Å². The third-order valence-corrected chi connectivity index (χ3v) is 3.23. The number of hydrogen-bond donors (Lipinski definition) is 1. The largest absolute Gasteiger partial charge is 0.480 e. The Hall–Kier alpha value is -1.95. The van der Waals surface area contributed by atoms with Crippen LogP contribution >= 0.6 is 0 Å². The van der Waals surface area contributed by atoms with Crippen LogP contribution in [0.2, 0.25) is 0 Å². The molecule has 1 N–H and O–H groups in total. The fourth-order valence-electron chi connectivity index (χ4n) is 2.21. The van der Waals surface area contributed by atoms with Crippen LogP contribution in [0.15, 0.2) is 18.2 Å². The van der Waals surface area contributed by atoms with Gasteiger partial charge in [0, 0.05) is 6.07 Å². The molecule has 5 nitrogen and oxygen atoms in total. The van der Waals surface area contributed by atoms with E-state index in [-0.39, 0.29) is 5.82 Å². The van der Waals surface area contributed by atoms with Crippen molar-refractivity contribution in [3.05, 3.63) is 29.8 Å². The van der Waals surface area contributed by atoms with Crippen LogP contribution in [0.3, 0.4) is 0 Å². The topological polar surface area (TPSA) is 58.4 Å². The summed E-state index contributed by atoms with van der Waals surface area (Å²) in [6, 6.07) is 4.21. The number of halogens is 1. The van der Waals surface area contributed by atoms with Gasteiger partial charge in [-0.2, -0.15) is 0 Å². The number of aromatic nitrogens is 2. The van der Waals surface area contributed by atoms with Crippen LogP contribution in [0.25, 0.3) is 11.0 Å². The summed E-state index contributed by atoms with van der Waals surface area (Å²) < 4.78 is 15.0. The Kier molecular flexibility index (Phi) is 3.52. The highest BCUT2D eigenvalue weighted by Crippen LogP contribution is 2.27. The maximum atomic E-state index is 13.3. The SMILES string of the molecule is CN(C)Cc1nc2cc(F)ccc2n1C(C)(C)C(=O)O. The van der Waals surface area contributed by atoms with Gasteiger partial charge in [0.2, 0.25) is 0 Å². The quantitative estimate of drug-likeness (QED) is 0.930. The summed E-state index contributed by atoms with van der Waals surface area (Å²) in [4.78, 5) is 17.8. The Morgan fingerprint density at radius 1 is 1.45 bits per heavy atom. The third-order valence-electron chi connectivity index (χ3n) is 3.23. The van der Waals surface area contributed by atoms with Gasteiger partial charge in [-0.1, -0.05) is 0 Å². The summed E-state index contributed by atoms with van der Waals surface area (Å²) in [7, 11) is 3.75. The average Bonchev–Trinajstić information content (AvgIpc) is 2.64. The third kappa shape index (κ3) is 2.38. The van der Waals surface area contributed by atoms with E-state index in [1.807, 2.05) is 19.0 Å². The zero-order valence-corrected chi connectivity index (χ0v) is 12.0. The van der Waals surface area contributed by atoms with Gasteiger partial charge < -0.3 is 14.6 Å². The van der Waals surface area contributed by atoms with Crippen LogP contribution < -0.4 is 0 Å². The van der Waals surface area contributed by atoms with Gasteiger partial charge in [-0.25, -0.2) is 14.2 Å². The van der Waals surface area contributed by atoms with Crippen molar-refractivity contribution in [3.63, 3.8) is 0 Å². The fraction of sp³-hybridized carbons (Fsp3) is 0.429. The molecule has 0 saturated heterocycles. The van der Waals surface area contributed by atoms with Crippen molar-refractivity contribution >= 4 is 17.0 Å². The van der Waals surface area contributed by atoms with Crippen LogP contribution in [0.4, 0.5) is 4.39 Å². The zero-order chi connectivity index (χ0) is 15.1. The first kappa shape index (κ1) is 14.5. The fourth-order valence-corrected chi connectivity index (χ4v) is 2.21. The lowest BCUT2D eigenvalue weighted by molar-refractivity contribution is -0.145. The van der Waals surface area contributed by atoms with E-state index < -0.39 is 11.5 Å². The van der Waals surface area contributed by atoms with Gasteiger partial charge in [0.25, 0.3) is 0 Å². The minimum absolute atomic E-state index is 0.383. The van der Waals surface area contributed by atoms with Gasteiger partial charge in [-0.05, 0) is 40.1 Å². The number of carboxylic acid groups (broad SMARTS) is 1. The van der Waals surface area contributed by atoms with Crippen LogP contribution in [0.1, 0.15) is 19.7 Å². The van der Waals surface area contributed by atoms with Crippen LogP contribution in [0, 0.1) is 5.82 Å². The second kappa shape index (κ2) is 4.86. The smallest absolute Gasteiger partial charge is 0.329 e. The predicted molar refractivity (Wildman–Crippen MR) is 74.0 cm³/mol. The molecule has 0 amide bonds. The van der Waals surface area contributed by atoms with E-state index in [2.05, 4.69) is 4.98 Å². The molecule has 20 heavy (non-hydrogen) atoms. The summed E-state index contributed by atoms with van der Waals surface area (Å²) in [5.41, 5.74) is -0.0652. The number of imidazole rings is 1. The lowest BCUT2D eigenvalue weighted by Crippen LogP contribution is -2.37. The molecule has 2 aromatic rings. The molecule has 6 heteroatoms. The molecule has 0 aliphatic heterocycles. The van der Waals surface area contributed by atoms with Crippen molar-refractivity contribution < 1.29 is 14.3 Å². The summed E-state index contributed by atoms with van der Waals surface area (Å²) in [6.07, 6.45) is 0. The van der Waals surface area contributed by atoms with Gasteiger partial charge in [-0.15, -0.1) is 0 Å². The summed E-state index contributed by atoms with van der Waals surface area (Å²) in [5, 5.41) is 9.45. The monoisotopic (exact) mass is 279 g/mol. The van der Waals surface area contributed by atoms with Crippen molar-refractivity contribution in [2.24, 2.45) is 0 Å². The molecule has 0 aliphatic carbocycles. The first-order valence-electron chi connectivity index (χ1n) is 6.29. The number of aliphatic carboxylic acids is 1. The van der Waals surface area contributed by atoms with Gasteiger partial charge in [-0.3, -0.25) is 0 Å². The first-order chi connectivity index (χ1) is 9.23. The molecule has 0 atom stereocenters. The molecule has 0 bridgehead atoms. The molecule has 1 aromatic heterocycles. The number of carboxylic acids is 1. The Morgan fingerprint density at radius 3 is 2.65 bits per heavy atom. The highest BCUT2D eigenvalue weighted by molar-refractivity contribution is 5.82. The molecule has 0 aliphatic rings. The zero-order valence-electron chi connectivity index (χ0n) is 12.0. The van der Waals surface area contributed by atoms with Crippen molar-refractivity contribution in [2.75, 3.05) is 14.1 Å². The molecule has 0 fully saturated rings. The Labute approximate surface area is 116 Å². The predicted octanol–water partition coefficient (Wildman–Crippen LogP) is 2.06. The molecule has 0 unspecified atom stereocenters. The van der Waals surface area contributed by atoms with E-state index in [1.54, 1.807) is 24.5 Å². The molecule has 2 rings (SSSR count). The second-order valence-corrected chi connectivity index (χ2v) is 5.60. The standard InChI is InChI=1S/C14H18FN3O2/c1-14(2,13(19)20)18-11-6-5-9(15)7-10(11)16-12(18)8-17(3)4/h5-7H,8H2,1-4H3,(H,19,20). The van der Waals surface area contributed by atoms with E-state index in [1.165, 1.54) is 12.1 Å². The van der Waals surface area contributed by atoms with Gasteiger partial charge in [0.15, 0.2) is 0 Å². The van der Waals surface area contributed by atoms with E-state index in [0.717, 1.165) is 0 Å².